The first kappa shape index (κ1) is 27.9. The normalized spacial score (nSPS) is 12.4. The second kappa shape index (κ2) is 11.2. The molecule has 0 bridgehead atoms. The number of H-pyrrole nitrogens is 1. The monoisotopic (exact) mass is 596 g/mol. The maximum atomic E-state index is 12.7. The molecule has 9 nitrogen and oxygen atoms in total. The SMILES string of the molecule is NS(=O)(=O)c1cccc(-c2n[nH]c3ccc(NC(=O)[C@H]([AsH2])c4ccccc4)cc23)c1.O=C(O)C(F)(F)F. The first-order valence-electron chi connectivity index (χ1n) is 10.3. The Balaban J connectivity index is 0.000000479. The van der Waals surface area contributed by atoms with Crippen molar-refractivity contribution in [1.82, 2.24) is 10.2 Å². The number of sulfonamides is 1. The van der Waals surface area contributed by atoms with Crippen molar-refractivity contribution < 1.29 is 36.3 Å². The summed E-state index contributed by atoms with van der Waals surface area (Å²) in [5.74, 6) is -2.85. The van der Waals surface area contributed by atoms with Crippen LogP contribution in [0.5, 0.6) is 0 Å². The Bertz CT molecular complexity index is 1540. The van der Waals surface area contributed by atoms with Crippen molar-refractivity contribution in [3.05, 3.63) is 78.4 Å². The zero-order chi connectivity index (χ0) is 27.4. The molecule has 0 spiro atoms. The zero-order valence-corrected chi connectivity index (χ0v) is 22.0. The number of aliphatic carboxylic acids is 1. The number of carboxylic acid groups (broad SMARTS) is 1. The molecule has 5 N–H and O–H groups in total. The standard InChI is InChI=1S/C21H19AsN4O3S.C2HF3O2/c22-19(13-5-2-1-3-6-13)21(27)24-15-9-10-18-17(12-15)20(26-25-18)14-7-4-8-16(11-14)30(23,28)29;3-2(4,5)1(6)7/h1-12,19H,22H2,(H,24,27)(H,25,26)(H2,23,28,29);(H,6,7)/t19-;/m1./s1. The van der Waals surface area contributed by atoms with Gasteiger partial charge in [0.05, 0.1) is 0 Å². The molecule has 1 heterocycles. The quantitative estimate of drug-likeness (QED) is 0.260. The number of carbonyl (C=O) groups is 2. The summed E-state index contributed by atoms with van der Waals surface area (Å²) in [7, 11) is -3.82. The molecule has 0 aliphatic rings. The average Bonchev–Trinajstić information content (AvgIpc) is 3.27. The third-order valence-corrected chi connectivity index (χ3v) is 7.30. The van der Waals surface area contributed by atoms with E-state index < -0.39 is 22.2 Å². The van der Waals surface area contributed by atoms with Crippen LogP contribution in [-0.4, -0.2) is 58.6 Å². The number of fused-ring (bicyclic) bond motifs is 1. The van der Waals surface area contributed by atoms with Crippen molar-refractivity contribution in [2.75, 3.05) is 5.32 Å². The molecule has 2 atom stereocenters. The van der Waals surface area contributed by atoms with Gasteiger partial charge in [-0.1, -0.05) is 0 Å². The van der Waals surface area contributed by atoms with Gasteiger partial charge in [0, 0.05) is 0 Å². The van der Waals surface area contributed by atoms with Crippen molar-refractivity contribution in [3.8, 4) is 11.3 Å². The number of hydrogen-bond donors (Lipinski definition) is 4. The number of nitrogens with zero attached hydrogens (tertiary/aromatic N) is 1. The molecule has 0 aliphatic heterocycles. The number of anilines is 1. The maximum Gasteiger partial charge on any atom is 0.490 e. The minimum absolute atomic E-state index is 0.0134. The molecule has 4 aromatic rings. The number of nitrogens with one attached hydrogen (secondary N) is 2. The number of nitrogens with two attached hydrogens (primary N) is 1. The molecule has 0 saturated heterocycles. The van der Waals surface area contributed by atoms with E-state index in [-0.39, 0.29) is 15.5 Å². The number of amides is 1. The van der Waals surface area contributed by atoms with Crippen LogP contribution in [0.15, 0.2) is 77.7 Å². The summed E-state index contributed by atoms with van der Waals surface area (Å²) in [4.78, 5) is 21.6. The Labute approximate surface area is 217 Å². The Morgan fingerprint density at radius 2 is 1.68 bits per heavy atom. The predicted octanol–water partition coefficient (Wildman–Crippen LogP) is 2.82. The van der Waals surface area contributed by atoms with Gasteiger partial charge >= 0.3 is 195 Å². The Hall–Kier alpha value is -3.67. The molecule has 0 radical (unpaired) electrons. The summed E-state index contributed by atoms with van der Waals surface area (Å²) in [5, 5.41) is 23.3. The first-order valence-corrected chi connectivity index (χ1v) is 13.2. The van der Waals surface area contributed by atoms with E-state index in [1.54, 1.807) is 18.2 Å². The van der Waals surface area contributed by atoms with Gasteiger partial charge < -0.3 is 5.11 Å². The van der Waals surface area contributed by atoms with E-state index in [0.29, 0.717) is 16.9 Å². The molecule has 0 saturated carbocycles. The van der Waals surface area contributed by atoms with Crippen molar-refractivity contribution in [3.63, 3.8) is 0 Å². The van der Waals surface area contributed by atoms with Crippen molar-refractivity contribution in [1.29, 1.82) is 0 Å². The van der Waals surface area contributed by atoms with Crippen molar-refractivity contribution in [2.45, 2.75) is 15.8 Å². The van der Waals surface area contributed by atoms with Crippen LogP contribution >= 0.6 is 0 Å². The second-order valence-corrected chi connectivity index (χ2v) is 10.5. The number of carboxylic acids is 1. The number of carbonyl (C=O) groups excluding carboxylic acids is 1. The second-order valence-electron chi connectivity index (χ2n) is 7.59. The molecule has 1 aromatic heterocycles. The first-order chi connectivity index (χ1) is 17.3. The van der Waals surface area contributed by atoms with Crippen LogP contribution < -0.4 is 10.5 Å². The number of aromatic nitrogens is 2. The summed E-state index contributed by atoms with van der Waals surface area (Å²) < 4.78 is 54.8. The van der Waals surface area contributed by atoms with E-state index in [2.05, 4.69) is 15.5 Å². The van der Waals surface area contributed by atoms with Gasteiger partial charge in [-0.15, -0.1) is 0 Å². The number of rotatable bonds is 5. The smallest absolute Gasteiger partial charge is 0.475 e. The van der Waals surface area contributed by atoms with Gasteiger partial charge in [-0.05, 0) is 0 Å². The third kappa shape index (κ3) is 7.19. The number of primary sulfonamides is 1. The topological polar surface area (TPSA) is 155 Å². The fourth-order valence-electron chi connectivity index (χ4n) is 3.16. The van der Waals surface area contributed by atoms with E-state index in [4.69, 9.17) is 15.0 Å². The van der Waals surface area contributed by atoms with Crippen LogP contribution in [-0.2, 0) is 19.6 Å². The number of alkyl halides is 3. The fourth-order valence-corrected chi connectivity index (χ4v) is 4.36. The average molecular weight is 596 g/mol. The van der Waals surface area contributed by atoms with E-state index in [1.165, 1.54) is 29.0 Å². The summed E-state index contributed by atoms with van der Waals surface area (Å²) in [6, 6.07) is 21.3. The number of aromatic amines is 1. The fraction of sp³-hybridized carbons (Fsp3) is 0.0870. The predicted molar refractivity (Wildman–Crippen MR) is 133 cm³/mol. The summed E-state index contributed by atoms with van der Waals surface area (Å²) in [5.41, 5.74) is 3.55. The van der Waals surface area contributed by atoms with Gasteiger partial charge in [-0.2, -0.15) is 13.2 Å². The van der Waals surface area contributed by atoms with Crippen LogP contribution in [0, 0.1) is 0 Å². The van der Waals surface area contributed by atoms with E-state index in [1.807, 2.05) is 42.5 Å². The van der Waals surface area contributed by atoms with E-state index in [0.717, 1.165) is 16.5 Å². The van der Waals surface area contributed by atoms with Crippen LogP contribution in [0.3, 0.4) is 0 Å². The molecular formula is C23H20AsF3N4O5S. The van der Waals surface area contributed by atoms with Gasteiger partial charge in [-0.25, -0.2) is 4.79 Å². The van der Waals surface area contributed by atoms with Gasteiger partial charge in [0.15, 0.2) is 0 Å². The van der Waals surface area contributed by atoms with Crippen LogP contribution in [0.1, 0.15) is 10.3 Å². The molecule has 0 fully saturated rings. The maximum absolute atomic E-state index is 12.7. The van der Waals surface area contributed by atoms with Crippen LogP contribution in [0.2, 0.25) is 0 Å². The molecule has 3 aromatic carbocycles. The minimum Gasteiger partial charge on any atom is -0.475 e. The molecule has 0 aliphatic carbocycles. The van der Waals surface area contributed by atoms with E-state index >= 15 is 0 Å². The molecule has 4 rings (SSSR count). The molecule has 37 heavy (non-hydrogen) atoms. The molecule has 1 amide bonds. The number of halogens is 3. The van der Waals surface area contributed by atoms with Gasteiger partial charge in [-0.3, -0.25) is 0 Å². The number of hydrogen-bond acceptors (Lipinski definition) is 5. The number of benzene rings is 3. The van der Waals surface area contributed by atoms with Gasteiger partial charge in [0.1, 0.15) is 0 Å². The van der Waals surface area contributed by atoms with Crippen LogP contribution in [0.4, 0.5) is 18.9 Å². The van der Waals surface area contributed by atoms with Crippen molar-refractivity contribution in [2.24, 2.45) is 5.14 Å². The Morgan fingerprint density at radius 3 is 2.27 bits per heavy atom. The zero-order valence-electron chi connectivity index (χ0n) is 18.7. The summed E-state index contributed by atoms with van der Waals surface area (Å²) >= 11 is 1.33. The molecular weight excluding hydrogens is 576 g/mol. The Morgan fingerprint density at radius 1 is 1.03 bits per heavy atom. The van der Waals surface area contributed by atoms with Gasteiger partial charge in [0.2, 0.25) is 0 Å². The van der Waals surface area contributed by atoms with Gasteiger partial charge in [0.25, 0.3) is 0 Å². The Kier molecular flexibility index (Phi) is 8.42. The summed E-state index contributed by atoms with van der Waals surface area (Å²) in [6.07, 6.45) is -5.08. The van der Waals surface area contributed by atoms with Crippen LogP contribution in [0.25, 0.3) is 22.2 Å². The van der Waals surface area contributed by atoms with Crippen molar-refractivity contribution >= 4 is 55.3 Å². The van der Waals surface area contributed by atoms with E-state index in [9.17, 15) is 26.4 Å². The largest absolute Gasteiger partial charge is 0.490 e. The molecule has 1 unspecified atom stereocenters. The minimum atomic E-state index is -5.08. The molecule has 14 heteroatoms. The third-order valence-electron chi connectivity index (χ3n) is 4.95. The summed E-state index contributed by atoms with van der Waals surface area (Å²) in [6.45, 7) is 0. The molecule has 194 valence electrons.